The monoisotopic (exact) mass is 468 g/mol. The molecule has 0 spiro atoms. The Hall–Kier alpha value is -3.69. The first-order valence-corrected chi connectivity index (χ1v) is 11.4. The normalized spacial score (nSPS) is 12.2. The molecule has 0 radical (unpaired) electrons. The van der Waals surface area contributed by atoms with E-state index in [9.17, 15) is 18.0 Å². The molecule has 1 amide bonds. The number of ether oxygens (including phenoxy) is 2. The average Bonchev–Trinajstić information content (AvgIpc) is 2.84. The van der Waals surface area contributed by atoms with Gasteiger partial charge in [-0.25, -0.2) is 13.2 Å². The van der Waals surface area contributed by atoms with Gasteiger partial charge in [0, 0.05) is 6.54 Å². The van der Waals surface area contributed by atoms with Gasteiger partial charge in [0.05, 0.1) is 24.7 Å². The molecule has 0 heterocycles. The van der Waals surface area contributed by atoms with Crippen molar-refractivity contribution in [3.05, 3.63) is 95.6 Å². The maximum atomic E-state index is 13.7. The van der Waals surface area contributed by atoms with E-state index in [0.717, 1.165) is 4.31 Å². The number of amides is 1. The molecule has 3 rings (SSSR count). The summed E-state index contributed by atoms with van der Waals surface area (Å²) in [5, 5.41) is 0. The van der Waals surface area contributed by atoms with Gasteiger partial charge in [-0.2, -0.15) is 4.31 Å². The molecule has 3 aromatic rings. The van der Waals surface area contributed by atoms with Crippen LogP contribution < -0.4 is 10.5 Å². The predicted octanol–water partition coefficient (Wildman–Crippen LogP) is 2.90. The lowest BCUT2D eigenvalue weighted by Gasteiger charge is -2.29. The summed E-state index contributed by atoms with van der Waals surface area (Å²) in [5.41, 5.74) is 7.01. The Bertz CT molecular complexity index is 1210. The smallest absolute Gasteiger partial charge is 0.337 e. The van der Waals surface area contributed by atoms with Gasteiger partial charge in [0.25, 0.3) is 0 Å². The maximum Gasteiger partial charge on any atom is 0.337 e. The van der Waals surface area contributed by atoms with Gasteiger partial charge in [-0.05, 0) is 47.5 Å². The summed E-state index contributed by atoms with van der Waals surface area (Å²) in [5.74, 6) is -0.832. The molecule has 9 heteroatoms. The van der Waals surface area contributed by atoms with Gasteiger partial charge in [0.1, 0.15) is 11.8 Å². The molecule has 3 aromatic carbocycles. The highest BCUT2D eigenvalue weighted by Crippen LogP contribution is 2.30. The minimum absolute atomic E-state index is 0.0170. The third-order valence-corrected chi connectivity index (χ3v) is 6.88. The zero-order valence-corrected chi connectivity index (χ0v) is 19.0. The first-order valence-electron chi connectivity index (χ1n) is 9.95. The van der Waals surface area contributed by atoms with Crippen molar-refractivity contribution < 1.29 is 27.5 Å². The van der Waals surface area contributed by atoms with E-state index in [0.29, 0.717) is 22.4 Å². The molecule has 1 atom stereocenters. The van der Waals surface area contributed by atoms with Crippen molar-refractivity contribution in [3.8, 4) is 5.75 Å². The van der Waals surface area contributed by atoms with E-state index in [2.05, 4.69) is 0 Å². The van der Waals surface area contributed by atoms with E-state index >= 15 is 0 Å². The van der Waals surface area contributed by atoms with Gasteiger partial charge < -0.3 is 15.2 Å². The van der Waals surface area contributed by atoms with Crippen LogP contribution in [0.3, 0.4) is 0 Å². The molecule has 0 fully saturated rings. The topological polar surface area (TPSA) is 116 Å². The van der Waals surface area contributed by atoms with Crippen LogP contribution in [0.2, 0.25) is 0 Å². The van der Waals surface area contributed by atoms with E-state index in [1.54, 1.807) is 42.5 Å². The first kappa shape index (κ1) is 24.0. The fraction of sp³-hybridized carbons (Fsp3) is 0.167. The average molecular weight is 469 g/mol. The molecule has 0 bridgehead atoms. The molecule has 0 aromatic heterocycles. The predicted molar refractivity (Wildman–Crippen MR) is 122 cm³/mol. The van der Waals surface area contributed by atoms with Gasteiger partial charge in [-0.15, -0.1) is 0 Å². The van der Waals surface area contributed by atoms with Crippen LogP contribution in [0.1, 0.15) is 27.5 Å². The van der Waals surface area contributed by atoms with Gasteiger partial charge in [0.2, 0.25) is 15.9 Å². The molecule has 0 aliphatic carbocycles. The third kappa shape index (κ3) is 5.39. The number of carbonyl (C=O) groups is 2. The summed E-state index contributed by atoms with van der Waals surface area (Å²) in [4.78, 5) is 24.2. The number of nitrogens with two attached hydrogens (primary N) is 1. The highest BCUT2D eigenvalue weighted by molar-refractivity contribution is 7.89. The van der Waals surface area contributed by atoms with Crippen LogP contribution in [-0.2, 0) is 26.1 Å². The van der Waals surface area contributed by atoms with Crippen LogP contribution in [-0.4, -0.2) is 38.8 Å². The van der Waals surface area contributed by atoms with Crippen LogP contribution >= 0.6 is 0 Å². The van der Waals surface area contributed by atoms with Gasteiger partial charge in [-0.3, -0.25) is 4.79 Å². The molecule has 33 heavy (non-hydrogen) atoms. The standard InChI is InChI=1S/C24H24N2O6S/c1-31-20-12-14-21(15-13-20)33(29,30)26(22(23(25)27)18-6-4-3-5-7-18)16-17-8-10-19(11-9-17)24(28)32-2/h3-15,22H,16H2,1-2H3,(H2,25,27). The molecular formula is C24H24N2O6S. The molecule has 0 saturated carbocycles. The van der Waals surface area contributed by atoms with Gasteiger partial charge in [0.15, 0.2) is 0 Å². The number of methoxy groups -OCH3 is 2. The van der Waals surface area contributed by atoms with Crippen molar-refractivity contribution >= 4 is 21.9 Å². The quantitative estimate of drug-likeness (QED) is 0.483. The van der Waals surface area contributed by atoms with Crippen molar-refractivity contribution in [2.24, 2.45) is 5.73 Å². The number of sulfonamides is 1. The van der Waals surface area contributed by atoms with Crippen molar-refractivity contribution in [3.63, 3.8) is 0 Å². The Morgan fingerprint density at radius 1 is 0.909 bits per heavy atom. The van der Waals surface area contributed by atoms with Crippen LogP contribution in [0, 0.1) is 0 Å². The molecule has 172 valence electrons. The summed E-state index contributed by atoms with van der Waals surface area (Å²) in [7, 11) is -1.41. The van der Waals surface area contributed by atoms with E-state index in [-0.39, 0.29) is 11.4 Å². The van der Waals surface area contributed by atoms with Gasteiger partial charge in [-0.1, -0.05) is 42.5 Å². The summed E-state index contributed by atoms with van der Waals surface area (Å²) in [6.45, 7) is -0.154. The van der Waals surface area contributed by atoms with Crippen LogP contribution in [0.15, 0.2) is 83.8 Å². The molecule has 8 nitrogen and oxygen atoms in total. The number of rotatable bonds is 9. The number of esters is 1. The molecule has 0 aliphatic rings. The Balaban J connectivity index is 2.08. The maximum absolute atomic E-state index is 13.7. The second-order valence-electron chi connectivity index (χ2n) is 7.13. The van der Waals surface area contributed by atoms with E-state index < -0.39 is 27.9 Å². The van der Waals surface area contributed by atoms with Gasteiger partial charge >= 0.3 is 5.97 Å². The Morgan fingerprint density at radius 2 is 1.52 bits per heavy atom. The molecule has 1 unspecified atom stereocenters. The summed E-state index contributed by atoms with van der Waals surface area (Å²) in [6.07, 6.45) is 0. The molecule has 0 aliphatic heterocycles. The van der Waals surface area contributed by atoms with Crippen molar-refractivity contribution in [2.75, 3.05) is 14.2 Å². The zero-order valence-electron chi connectivity index (χ0n) is 18.2. The Kier molecular flexibility index (Phi) is 7.47. The molecule has 2 N–H and O–H groups in total. The van der Waals surface area contributed by atoms with Crippen molar-refractivity contribution in [1.82, 2.24) is 4.31 Å². The number of primary amides is 1. The number of benzene rings is 3. The minimum atomic E-state index is -4.16. The zero-order chi connectivity index (χ0) is 24.0. The SMILES string of the molecule is COC(=O)c1ccc(CN(C(C(N)=O)c2ccccc2)S(=O)(=O)c2ccc(OC)cc2)cc1. The minimum Gasteiger partial charge on any atom is -0.497 e. The molecule has 0 saturated heterocycles. The Morgan fingerprint density at radius 3 is 2.03 bits per heavy atom. The third-order valence-electron chi connectivity index (χ3n) is 5.05. The fourth-order valence-electron chi connectivity index (χ4n) is 3.35. The highest BCUT2D eigenvalue weighted by Gasteiger charge is 2.36. The van der Waals surface area contributed by atoms with E-state index in [4.69, 9.17) is 15.2 Å². The summed E-state index contributed by atoms with van der Waals surface area (Å²) in [6, 6.07) is 19.3. The lowest BCUT2D eigenvalue weighted by Crippen LogP contribution is -2.41. The lowest BCUT2D eigenvalue weighted by atomic mass is 10.1. The number of carbonyl (C=O) groups excluding carboxylic acids is 2. The number of hydrogen-bond donors (Lipinski definition) is 1. The summed E-state index contributed by atoms with van der Waals surface area (Å²) < 4.78 is 38.2. The second-order valence-corrected chi connectivity index (χ2v) is 9.02. The fourth-order valence-corrected chi connectivity index (χ4v) is 4.92. The van der Waals surface area contributed by atoms with Crippen LogP contribution in [0.4, 0.5) is 0 Å². The number of nitrogens with zero attached hydrogens (tertiary/aromatic N) is 1. The lowest BCUT2D eigenvalue weighted by molar-refractivity contribution is -0.122. The van der Waals surface area contributed by atoms with E-state index in [1.165, 1.54) is 50.6 Å². The summed E-state index contributed by atoms with van der Waals surface area (Å²) >= 11 is 0. The second kappa shape index (κ2) is 10.3. The largest absolute Gasteiger partial charge is 0.497 e. The van der Waals surface area contributed by atoms with Crippen molar-refractivity contribution in [1.29, 1.82) is 0 Å². The first-order chi connectivity index (χ1) is 15.8. The van der Waals surface area contributed by atoms with Crippen LogP contribution in [0.5, 0.6) is 5.75 Å². The molecular weight excluding hydrogens is 444 g/mol. The van der Waals surface area contributed by atoms with Crippen LogP contribution in [0.25, 0.3) is 0 Å². The van der Waals surface area contributed by atoms with E-state index in [1.807, 2.05) is 0 Å². The van der Waals surface area contributed by atoms with Crippen molar-refractivity contribution in [2.45, 2.75) is 17.5 Å². The highest BCUT2D eigenvalue weighted by atomic mass is 32.2. The Labute approximate surface area is 192 Å². The number of hydrogen-bond acceptors (Lipinski definition) is 6.